The monoisotopic (exact) mass is 378 g/mol. The summed E-state index contributed by atoms with van der Waals surface area (Å²) in [5.41, 5.74) is 2.22. The van der Waals surface area contributed by atoms with E-state index in [1.54, 1.807) is 18.3 Å². The lowest BCUT2D eigenvalue weighted by Crippen LogP contribution is -2.25. The molecule has 0 aromatic heterocycles. The van der Waals surface area contributed by atoms with Crippen molar-refractivity contribution in [3.63, 3.8) is 0 Å². The fourth-order valence-electron chi connectivity index (χ4n) is 2.22. The highest BCUT2D eigenvalue weighted by atomic mass is 79.9. The molecular formula is C20H15BrN2O. The average molecular weight is 379 g/mol. The number of rotatable bonds is 4. The van der Waals surface area contributed by atoms with Gasteiger partial charge in [0.05, 0.1) is 11.9 Å². The Morgan fingerprint density at radius 2 is 1.54 bits per heavy atom. The lowest BCUT2D eigenvalue weighted by molar-refractivity contribution is 0.0988. The molecule has 0 bridgehead atoms. The molecule has 3 rings (SSSR count). The van der Waals surface area contributed by atoms with Gasteiger partial charge in [0, 0.05) is 10.0 Å². The van der Waals surface area contributed by atoms with Crippen LogP contribution in [0.15, 0.2) is 94.5 Å². The number of nitrogens with zero attached hydrogens (tertiary/aromatic N) is 2. The van der Waals surface area contributed by atoms with Crippen molar-refractivity contribution in [3.05, 3.63) is 101 Å². The Kier molecular flexibility index (Phi) is 5.18. The average Bonchev–Trinajstić information content (AvgIpc) is 2.63. The second kappa shape index (κ2) is 7.70. The smallest absolute Gasteiger partial charge is 0.267 e. The number of hydrazone groups is 1. The van der Waals surface area contributed by atoms with Gasteiger partial charge in [0.1, 0.15) is 0 Å². The molecule has 3 nitrogen and oxygen atoms in total. The molecule has 0 saturated carbocycles. The molecule has 0 saturated heterocycles. The normalized spacial score (nSPS) is 10.7. The molecule has 0 atom stereocenters. The molecule has 0 aliphatic rings. The van der Waals surface area contributed by atoms with Gasteiger partial charge in [-0.05, 0) is 42.0 Å². The van der Waals surface area contributed by atoms with E-state index in [1.165, 1.54) is 5.01 Å². The van der Waals surface area contributed by atoms with Crippen LogP contribution in [-0.2, 0) is 0 Å². The van der Waals surface area contributed by atoms with E-state index in [0.717, 1.165) is 15.7 Å². The SMILES string of the molecule is O=C(c1ccccc1)N(N=Cc1cccc(Br)c1)c1ccccc1. The van der Waals surface area contributed by atoms with E-state index in [2.05, 4.69) is 21.0 Å². The highest BCUT2D eigenvalue weighted by Crippen LogP contribution is 2.18. The van der Waals surface area contributed by atoms with Crippen LogP contribution < -0.4 is 5.01 Å². The zero-order valence-corrected chi connectivity index (χ0v) is 14.4. The first kappa shape index (κ1) is 16.1. The van der Waals surface area contributed by atoms with E-state index in [-0.39, 0.29) is 5.91 Å². The summed E-state index contributed by atoms with van der Waals surface area (Å²) in [4.78, 5) is 12.8. The van der Waals surface area contributed by atoms with Crippen LogP contribution in [0.2, 0.25) is 0 Å². The van der Waals surface area contributed by atoms with Gasteiger partial charge in [0.15, 0.2) is 0 Å². The predicted octanol–water partition coefficient (Wildman–Crippen LogP) is 5.13. The minimum absolute atomic E-state index is 0.173. The van der Waals surface area contributed by atoms with Crippen molar-refractivity contribution in [3.8, 4) is 0 Å². The molecule has 0 fully saturated rings. The van der Waals surface area contributed by atoms with Gasteiger partial charge in [-0.25, -0.2) is 0 Å². The van der Waals surface area contributed by atoms with Gasteiger partial charge in [0.25, 0.3) is 5.91 Å². The van der Waals surface area contributed by atoms with Crippen LogP contribution in [0.4, 0.5) is 5.69 Å². The number of hydrogen-bond acceptors (Lipinski definition) is 2. The van der Waals surface area contributed by atoms with Crippen molar-refractivity contribution in [2.75, 3.05) is 5.01 Å². The first-order valence-electron chi connectivity index (χ1n) is 7.48. The van der Waals surface area contributed by atoms with Crippen molar-refractivity contribution < 1.29 is 4.79 Å². The summed E-state index contributed by atoms with van der Waals surface area (Å²) >= 11 is 3.44. The van der Waals surface area contributed by atoms with Crippen LogP contribution >= 0.6 is 15.9 Å². The molecule has 0 unspecified atom stereocenters. The largest absolute Gasteiger partial charge is 0.278 e. The molecule has 0 aliphatic carbocycles. The number of hydrogen-bond donors (Lipinski definition) is 0. The minimum atomic E-state index is -0.173. The number of halogens is 1. The van der Waals surface area contributed by atoms with Crippen LogP contribution in [0, 0.1) is 0 Å². The minimum Gasteiger partial charge on any atom is -0.267 e. The second-order valence-electron chi connectivity index (χ2n) is 5.12. The fourth-order valence-corrected chi connectivity index (χ4v) is 2.64. The zero-order valence-electron chi connectivity index (χ0n) is 12.8. The molecule has 0 spiro atoms. The lowest BCUT2D eigenvalue weighted by Gasteiger charge is -2.17. The van der Waals surface area contributed by atoms with Gasteiger partial charge in [-0.3, -0.25) is 4.79 Å². The topological polar surface area (TPSA) is 32.7 Å². The number of para-hydroxylation sites is 1. The van der Waals surface area contributed by atoms with E-state index in [9.17, 15) is 4.79 Å². The van der Waals surface area contributed by atoms with Gasteiger partial charge < -0.3 is 0 Å². The molecular weight excluding hydrogens is 364 g/mol. The number of amides is 1. The van der Waals surface area contributed by atoms with Crippen LogP contribution in [0.5, 0.6) is 0 Å². The van der Waals surface area contributed by atoms with Crippen LogP contribution in [0.1, 0.15) is 15.9 Å². The maximum absolute atomic E-state index is 12.8. The van der Waals surface area contributed by atoms with Crippen molar-refractivity contribution in [2.45, 2.75) is 0 Å². The van der Waals surface area contributed by atoms with E-state index >= 15 is 0 Å². The third-order valence-electron chi connectivity index (χ3n) is 3.38. The highest BCUT2D eigenvalue weighted by molar-refractivity contribution is 9.10. The molecule has 0 radical (unpaired) electrons. The lowest BCUT2D eigenvalue weighted by atomic mass is 10.2. The quantitative estimate of drug-likeness (QED) is 0.457. The molecule has 3 aromatic rings. The van der Waals surface area contributed by atoms with Gasteiger partial charge in [-0.1, -0.05) is 64.5 Å². The molecule has 24 heavy (non-hydrogen) atoms. The Bertz CT molecular complexity index is 848. The second-order valence-corrected chi connectivity index (χ2v) is 6.03. The summed E-state index contributed by atoms with van der Waals surface area (Å²) in [5.74, 6) is -0.173. The summed E-state index contributed by atoms with van der Waals surface area (Å²) in [7, 11) is 0. The van der Waals surface area contributed by atoms with Gasteiger partial charge in [-0.2, -0.15) is 10.1 Å². The number of carbonyl (C=O) groups is 1. The Labute approximate surface area is 149 Å². The molecule has 118 valence electrons. The van der Waals surface area contributed by atoms with Gasteiger partial charge in [-0.15, -0.1) is 0 Å². The third kappa shape index (κ3) is 3.97. The van der Waals surface area contributed by atoms with Crippen LogP contribution in [-0.4, -0.2) is 12.1 Å². The Balaban J connectivity index is 1.95. The first-order chi connectivity index (χ1) is 11.7. The number of anilines is 1. The molecule has 1 amide bonds. The Hall–Kier alpha value is -2.72. The number of carbonyl (C=O) groups excluding carboxylic acids is 1. The maximum Gasteiger partial charge on any atom is 0.278 e. The Morgan fingerprint density at radius 1 is 0.875 bits per heavy atom. The maximum atomic E-state index is 12.8. The third-order valence-corrected chi connectivity index (χ3v) is 3.88. The van der Waals surface area contributed by atoms with Crippen molar-refractivity contribution in [2.24, 2.45) is 5.10 Å². The molecule has 4 heteroatoms. The Morgan fingerprint density at radius 3 is 2.21 bits per heavy atom. The first-order valence-corrected chi connectivity index (χ1v) is 8.27. The molecule has 0 N–H and O–H groups in total. The standard InChI is InChI=1S/C20H15BrN2O/c21-18-11-7-8-16(14-18)15-22-23(19-12-5-2-6-13-19)20(24)17-9-3-1-4-10-17/h1-15H. The van der Waals surface area contributed by atoms with E-state index < -0.39 is 0 Å². The summed E-state index contributed by atoms with van der Waals surface area (Å²) < 4.78 is 0.965. The van der Waals surface area contributed by atoms with Crippen molar-refractivity contribution in [1.82, 2.24) is 0 Å². The molecule has 0 aliphatic heterocycles. The van der Waals surface area contributed by atoms with E-state index in [4.69, 9.17) is 0 Å². The van der Waals surface area contributed by atoms with Gasteiger partial charge in [0.2, 0.25) is 0 Å². The fraction of sp³-hybridized carbons (Fsp3) is 0. The van der Waals surface area contributed by atoms with E-state index in [1.807, 2.05) is 72.8 Å². The predicted molar refractivity (Wildman–Crippen MR) is 101 cm³/mol. The summed E-state index contributed by atoms with van der Waals surface area (Å²) in [6.45, 7) is 0. The highest BCUT2D eigenvalue weighted by Gasteiger charge is 2.16. The molecule has 0 heterocycles. The van der Waals surface area contributed by atoms with Gasteiger partial charge >= 0.3 is 0 Å². The molecule has 3 aromatic carbocycles. The number of benzene rings is 3. The summed E-state index contributed by atoms with van der Waals surface area (Å²) in [6, 6.07) is 26.3. The van der Waals surface area contributed by atoms with E-state index in [0.29, 0.717) is 5.56 Å². The summed E-state index contributed by atoms with van der Waals surface area (Å²) in [6.07, 6.45) is 1.68. The van der Waals surface area contributed by atoms with Crippen LogP contribution in [0.25, 0.3) is 0 Å². The summed E-state index contributed by atoms with van der Waals surface area (Å²) in [5, 5.41) is 5.83. The van der Waals surface area contributed by atoms with Crippen LogP contribution in [0.3, 0.4) is 0 Å². The van der Waals surface area contributed by atoms with Crippen molar-refractivity contribution >= 4 is 33.7 Å². The van der Waals surface area contributed by atoms with Crippen molar-refractivity contribution in [1.29, 1.82) is 0 Å². The zero-order chi connectivity index (χ0) is 16.8.